The molecular weight excluding hydrogens is 278 g/mol. The third-order valence-corrected chi connectivity index (χ3v) is 4.92. The lowest BCUT2D eigenvalue weighted by Crippen LogP contribution is -2.73. The van der Waals surface area contributed by atoms with Crippen molar-refractivity contribution < 1.29 is 23.1 Å². The number of sulfone groups is 1. The van der Waals surface area contributed by atoms with Crippen molar-refractivity contribution in [3.8, 4) is 0 Å². The summed E-state index contributed by atoms with van der Waals surface area (Å²) in [6.07, 6.45) is 0. The predicted molar refractivity (Wildman–Crippen MR) is 61.1 cm³/mol. The Morgan fingerprint density at radius 3 is 2.79 bits per heavy atom. The van der Waals surface area contributed by atoms with E-state index < -0.39 is 51.1 Å². The van der Waals surface area contributed by atoms with Crippen LogP contribution in [-0.2, 0) is 19.4 Å². The van der Waals surface area contributed by atoms with Gasteiger partial charge >= 0.3 is 5.97 Å². The largest absolute Gasteiger partial charge is 0.477 e. The highest BCUT2D eigenvalue weighted by molar-refractivity contribution is 7.92. The molecule has 0 spiro atoms. The number of carboxylic acid groups (broad SMARTS) is 1. The molecule has 10 nitrogen and oxygen atoms in total. The number of hydrogen-bond donors (Lipinski definition) is 2. The number of fused-ring (bicyclic) bond motifs is 1. The Hall–Kier alpha value is -2.10. The van der Waals surface area contributed by atoms with Crippen LogP contribution in [-0.4, -0.2) is 54.0 Å². The maximum atomic E-state index is 11.9. The number of azide groups is 1. The maximum Gasteiger partial charge on any atom is 0.352 e. The molecule has 0 saturated carbocycles. The van der Waals surface area contributed by atoms with Crippen molar-refractivity contribution in [2.24, 2.45) is 10.8 Å². The number of hydrogen-bond acceptors (Lipinski definition) is 6. The van der Waals surface area contributed by atoms with Gasteiger partial charge in [-0.3, -0.25) is 9.69 Å². The van der Waals surface area contributed by atoms with Gasteiger partial charge in [-0.15, -0.1) is 0 Å². The van der Waals surface area contributed by atoms with Gasteiger partial charge < -0.3 is 10.8 Å². The van der Waals surface area contributed by atoms with Crippen LogP contribution in [0.25, 0.3) is 10.4 Å². The predicted octanol–water partition coefficient (Wildman–Crippen LogP) is -1.44. The second-order valence-electron chi connectivity index (χ2n) is 4.08. The van der Waals surface area contributed by atoms with Gasteiger partial charge in [0.1, 0.15) is 11.7 Å². The summed E-state index contributed by atoms with van der Waals surface area (Å²) in [6.45, 7) is -0.427. The number of aliphatic carboxylic acids is 1. The number of β-lactam (4-membered cyclic amide) rings is 1. The Labute approximate surface area is 107 Å². The molecule has 19 heavy (non-hydrogen) atoms. The molecule has 0 unspecified atom stereocenters. The Balaban J connectivity index is 2.57. The molecule has 0 aliphatic carbocycles. The van der Waals surface area contributed by atoms with Crippen LogP contribution in [0.15, 0.2) is 16.4 Å². The zero-order valence-corrected chi connectivity index (χ0v) is 10.2. The van der Waals surface area contributed by atoms with Gasteiger partial charge in [-0.25, -0.2) is 13.2 Å². The number of rotatable bonds is 3. The van der Waals surface area contributed by atoms with Crippen molar-refractivity contribution in [1.29, 1.82) is 0 Å². The Morgan fingerprint density at radius 2 is 2.26 bits per heavy atom. The van der Waals surface area contributed by atoms with Crippen molar-refractivity contribution >= 4 is 21.7 Å². The molecule has 0 aromatic heterocycles. The average Bonchev–Trinajstić information content (AvgIpc) is 2.33. The second kappa shape index (κ2) is 4.23. The summed E-state index contributed by atoms with van der Waals surface area (Å²) in [5.41, 5.74) is 13.0. The average molecular weight is 287 g/mol. The van der Waals surface area contributed by atoms with Gasteiger partial charge in [0.2, 0.25) is 5.91 Å². The van der Waals surface area contributed by atoms with Gasteiger partial charge in [-0.1, -0.05) is 5.11 Å². The lowest BCUT2D eigenvalue weighted by molar-refractivity contribution is -0.148. The van der Waals surface area contributed by atoms with Crippen molar-refractivity contribution in [2.45, 2.75) is 11.4 Å². The zero-order valence-electron chi connectivity index (χ0n) is 9.42. The van der Waals surface area contributed by atoms with Gasteiger partial charge in [-0.2, -0.15) is 0 Å². The van der Waals surface area contributed by atoms with E-state index in [0.29, 0.717) is 4.90 Å². The van der Waals surface area contributed by atoms with Crippen LogP contribution in [0.5, 0.6) is 0 Å². The third kappa shape index (κ3) is 1.84. The molecule has 0 bridgehead atoms. The molecule has 2 aliphatic rings. The second-order valence-corrected chi connectivity index (χ2v) is 6.18. The molecule has 0 radical (unpaired) electrons. The van der Waals surface area contributed by atoms with Crippen LogP contribution in [0.2, 0.25) is 0 Å². The molecule has 3 N–H and O–H groups in total. The molecule has 2 heterocycles. The van der Waals surface area contributed by atoms with Crippen LogP contribution in [0.3, 0.4) is 0 Å². The van der Waals surface area contributed by atoms with Gasteiger partial charge in [0.05, 0.1) is 12.3 Å². The fourth-order valence-electron chi connectivity index (χ4n) is 2.17. The molecule has 0 aromatic carbocycles. The minimum Gasteiger partial charge on any atom is -0.477 e. The first kappa shape index (κ1) is 13.3. The molecule has 1 amide bonds. The summed E-state index contributed by atoms with van der Waals surface area (Å²) >= 11 is 0. The molecule has 11 heteroatoms. The van der Waals surface area contributed by atoms with E-state index in [2.05, 4.69) is 10.0 Å². The van der Waals surface area contributed by atoms with E-state index in [1.807, 2.05) is 0 Å². The minimum absolute atomic E-state index is 0.123. The van der Waals surface area contributed by atoms with Crippen LogP contribution in [0.1, 0.15) is 0 Å². The summed E-state index contributed by atoms with van der Waals surface area (Å²) in [6, 6.07) is -1.25. The highest BCUT2D eigenvalue weighted by Gasteiger charge is 2.58. The molecule has 1 fully saturated rings. The van der Waals surface area contributed by atoms with E-state index >= 15 is 0 Å². The number of carbonyl (C=O) groups excluding carboxylic acids is 1. The van der Waals surface area contributed by atoms with Crippen molar-refractivity contribution in [3.05, 3.63) is 21.7 Å². The van der Waals surface area contributed by atoms with Crippen LogP contribution >= 0.6 is 0 Å². The minimum atomic E-state index is -3.78. The molecular formula is C8H9N5O5S. The summed E-state index contributed by atoms with van der Waals surface area (Å²) in [7, 11) is -3.78. The van der Waals surface area contributed by atoms with E-state index in [4.69, 9.17) is 16.4 Å². The summed E-state index contributed by atoms with van der Waals surface area (Å²) in [5.74, 6) is -2.82. The first-order chi connectivity index (χ1) is 8.81. The highest BCUT2D eigenvalue weighted by Crippen LogP contribution is 2.35. The number of amides is 1. The van der Waals surface area contributed by atoms with E-state index in [1.54, 1.807) is 0 Å². The summed E-state index contributed by atoms with van der Waals surface area (Å²) in [5, 5.41) is 10.9. The van der Waals surface area contributed by atoms with Crippen molar-refractivity contribution in [2.75, 3.05) is 12.3 Å². The van der Waals surface area contributed by atoms with Gasteiger partial charge in [-0.05, 0) is 11.1 Å². The number of carbonyl (C=O) groups is 2. The number of carboxylic acids is 1. The summed E-state index contributed by atoms with van der Waals surface area (Å²) in [4.78, 5) is 25.8. The monoisotopic (exact) mass is 287 g/mol. The first-order valence-electron chi connectivity index (χ1n) is 5.07. The number of nitrogens with zero attached hydrogens (tertiary/aromatic N) is 4. The molecule has 2 rings (SSSR count). The Morgan fingerprint density at radius 1 is 1.63 bits per heavy atom. The van der Waals surface area contributed by atoms with Crippen LogP contribution in [0, 0.1) is 0 Å². The van der Waals surface area contributed by atoms with Gasteiger partial charge in [0.15, 0.2) is 15.2 Å². The smallest absolute Gasteiger partial charge is 0.352 e. The van der Waals surface area contributed by atoms with E-state index in [0.717, 1.165) is 0 Å². The van der Waals surface area contributed by atoms with Gasteiger partial charge in [0.25, 0.3) is 0 Å². The zero-order chi connectivity index (χ0) is 14.4. The third-order valence-electron chi connectivity index (χ3n) is 2.93. The highest BCUT2D eigenvalue weighted by atomic mass is 32.2. The Bertz CT molecular complexity index is 646. The van der Waals surface area contributed by atoms with Crippen LogP contribution in [0.4, 0.5) is 0 Å². The lowest BCUT2D eigenvalue weighted by Gasteiger charge is -2.47. The topological polar surface area (TPSA) is 167 Å². The molecule has 2 atom stereocenters. The van der Waals surface area contributed by atoms with Crippen molar-refractivity contribution in [1.82, 2.24) is 4.90 Å². The molecule has 102 valence electrons. The molecule has 2 aliphatic heterocycles. The number of nitrogens with two attached hydrogens (primary N) is 1. The summed E-state index contributed by atoms with van der Waals surface area (Å²) < 4.78 is 23.8. The standard InChI is InChI=1S/C8H9N5O5S/c9-4-6(14)13-5(8(15)16)3(1-11-12-10)2-19(17,18)7(4)13/h4,7H,1-2,9H2,(H,15,16)/t4-,7+/m1/s1. The van der Waals surface area contributed by atoms with Crippen molar-refractivity contribution in [3.63, 3.8) is 0 Å². The quantitative estimate of drug-likeness (QED) is 0.279. The fourth-order valence-corrected chi connectivity index (χ4v) is 4.14. The van der Waals surface area contributed by atoms with Gasteiger partial charge in [0, 0.05) is 4.91 Å². The van der Waals surface area contributed by atoms with E-state index in [-0.39, 0.29) is 5.57 Å². The lowest BCUT2D eigenvalue weighted by atomic mass is 10.0. The first-order valence-corrected chi connectivity index (χ1v) is 6.79. The van der Waals surface area contributed by atoms with E-state index in [1.165, 1.54) is 0 Å². The maximum absolute atomic E-state index is 11.9. The molecule has 0 aromatic rings. The fraction of sp³-hybridized carbons (Fsp3) is 0.500. The van der Waals surface area contributed by atoms with Crippen LogP contribution < -0.4 is 5.73 Å². The van der Waals surface area contributed by atoms with E-state index in [9.17, 15) is 18.0 Å². The normalized spacial score (nSPS) is 28.3. The molecule has 1 saturated heterocycles. The Kier molecular flexibility index (Phi) is 2.97. The SMILES string of the molecule is [N-]=[N+]=NCC1=C(C(=O)O)N2C(=O)[C@@H](N)[C@@H]2S(=O)(=O)C1.